The molecule has 110 valence electrons. The van der Waals surface area contributed by atoms with Gasteiger partial charge in [0.2, 0.25) is 0 Å². The summed E-state index contributed by atoms with van der Waals surface area (Å²) in [6, 6.07) is -0.00260. The fourth-order valence-electron chi connectivity index (χ4n) is 2.45. The van der Waals surface area contributed by atoms with Crippen LogP contribution >= 0.6 is 0 Å². The third-order valence-electron chi connectivity index (χ3n) is 3.68. The number of aliphatic hydroxyl groups is 1. The highest BCUT2D eigenvalue weighted by Crippen LogP contribution is 2.21. The van der Waals surface area contributed by atoms with Crippen molar-refractivity contribution in [1.82, 2.24) is 10.2 Å². The van der Waals surface area contributed by atoms with Crippen LogP contribution in [-0.4, -0.2) is 52.9 Å². The number of nitrogens with zero attached hydrogens (tertiary/aromatic N) is 1. The van der Waals surface area contributed by atoms with Gasteiger partial charge in [-0.1, -0.05) is 6.92 Å². The van der Waals surface area contributed by atoms with E-state index in [1.165, 1.54) is 0 Å². The van der Waals surface area contributed by atoms with Crippen LogP contribution in [0.4, 0.5) is 4.79 Å². The predicted octanol–water partition coefficient (Wildman–Crippen LogP) is 1.04. The molecular formula is C13H24N2O4. The summed E-state index contributed by atoms with van der Waals surface area (Å²) in [6.45, 7) is 2.83. The average molecular weight is 272 g/mol. The van der Waals surface area contributed by atoms with Crippen molar-refractivity contribution < 1.29 is 19.8 Å². The Hall–Kier alpha value is -1.30. The number of carbonyl (C=O) groups is 2. The number of aliphatic hydroxyl groups excluding tert-OH is 1. The molecule has 0 spiro atoms. The molecule has 1 aliphatic heterocycles. The number of carboxylic acid groups (broad SMARTS) is 1. The molecule has 6 heteroatoms. The van der Waals surface area contributed by atoms with E-state index in [1.54, 1.807) is 11.8 Å². The summed E-state index contributed by atoms with van der Waals surface area (Å²) >= 11 is 0. The van der Waals surface area contributed by atoms with Gasteiger partial charge in [-0.05, 0) is 32.1 Å². The summed E-state index contributed by atoms with van der Waals surface area (Å²) < 4.78 is 0. The summed E-state index contributed by atoms with van der Waals surface area (Å²) in [5.74, 6) is -1.40. The van der Waals surface area contributed by atoms with Crippen LogP contribution in [0.3, 0.4) is 0 Å². The Morgan fingerprint density at radius 1 is 1.47 bits per heavy atom. The van der Waals surface area contributed by atoms with E-state index >= 15 is 0 Å². The molecule has 2 amide bonds. The molecule has 2 unspecified atom stereocenters. The zero-order valence-corrected chi connectivity index (χ0v) is 11.5. The number of hydrogen-bond donors (Lipinski definition) is 3. The molecular weight excluding hydrogens is 248 g/mol. The van der Waals surface area contributed by atoms with Crippen LogP contribution in [0.1, 0.15) is 39.0 Å². The smallest absolute Gasteiger partial charge is 0.317 e. The highest BCUT2D eigenvalue weighted by atomic mass is 16.4. The van der Waals surface area contributed by atoms with E-state index in [4.69, 9.17) is 10.2 Å². The monoisotopic (exact) mass is 272 g/mol. The predicted molar refractivity (Wildman–Crippen MR) is 70.9 cm³/mol. The molecule has 19 heavy (non-hydrogen) atoms. The van der Waals surface area contributed by atoms with Crippen molar-refractivity contribution in [2.45, 2.75) is 45.1 Å². The highest BCUT2D eigenvalue weighted by Gasteiger charge is 2.28. The lowest BCUT2D eigenvalue weighted by Crippen LogP contribution is -2.45. The number of aliphatic carboxylic acids is 1. The molecule has 1 saturated heterocycles. The number of nitrogens with one attached hydrogen (secondary N) is 1. The summed E-state index contributed by atoms with van der Waals surface area (Å²) in [5, 5.41) is 20.5. The van der Waals surface area contributed by atoms with Crippen molar-refractivity contribution in [3.05, 3.63) is 0 Å². The van der Waals surface area contributed by atoms with Gasteiger partial charge in [0.05, 0.1) is 5.92 Å². The van der Waals surface area contributed by atoms with Gasteiger partial charge in [0.15, 0.2) is 0 Å². The normalized spacial score (nSPS) is 20.3. The maximum absolute atomic E-state index is 12.0. The van der Waals surface area contributed by atoms with Gasteiger partial charge in [-0.15, -0.1) is 0 Å². The van der Waals surface area contributed by atoms with Gasteiger partial charge in [0.1, 0.15) is 0 Å². The van der Waals surface area contributed by atoms with E-state index in [1.807, 2.05) is 0 Å². The Labute approximate surface area is 113 Å². The Kier molecular flexibility index (Phi) is 6.62. The molecule has 0 saturated carbocycles. The molecule has 0 bridgehead atoms. The van der Waals surface area contributed by atoms with Gasteiger partial charge >= 0.3 is 12.0 Å². The Morgan fingerprint density at radius 2 is 2.21 bits per heavy atom. The maximum atomic E-state index is 12.0. The van der Waals surface area contributed by atoms with Crippen LogP contribution in [0.15, 0.2) is 0 Å². The molecule has 1 fully saturated rings. The second kappa shape index (κ2) is 7.99. The quantitative estimate of drug-likeness (QED) is 0.646. The zero-order chi connectivity index (χ0) is 14.3. The molecule has 0 aliphatic carbocycles. The second-order valence-corrected chi connectivity index (χ2v) is 4.98. The highest BCUT2D eigenvalue weighted by molar-refractivity contribution is 5.76. The molecule has 0 radical (unpaired) electrons. The maximum Gasteiger partial charge on any atom is 0.317 e. The van der Waals surface area contributed by atoms with Gasteiger partial charge in [-0.3, -0.25) is 4.79 Å². The second-order valence-electron chi connectivity index (χ2n) is 4.98. The number of likely N-dealkylation sites (tertiary alicyclic amines) is 1. The fraction of sp³-hybridized carbons (Fsp3) is 0.846. The first kappa shape index (κ1) is 15.8. The van der Waals surface area contributed by atoms with Gasteiger partial charge in [0, 0.05) is 25.7 Å². The van der Waals surface area contributed by atoms with Gasteiger partial charge < -0.3 is 20.4 Å². The van der Waals surface area contributed by atoms with Crippen LogP contribution in [0, 0.1) is 5.92 Å². The molecule has 1 aliphatic rings. The minimum absolute atomic E-state index is 0.142. The van der Waals surface area contributed by atoms with Crippen molar-refractivity contribution in [2.75, 3.05) is 19.7 Å². The van der Waals surface area contributed by atoms with Crippen LogP contribution in [0.5, 0.6) is 0 Å². The van der Waals surface area contributed by atoms with Gasteiger partial charge in [-0.2, -0.15) is 0 Å². The molecule has 0 aromatic heterocycles. The van der Waals surface area contributed by atoms with E-state index in [0.29, 0.717) is 19.4 Å². The number of amides is 2. The minimum atomic E-state index is -0.874. The lowest BCUT2D eigenvalue weighted by Gasteiger charge is -2.25. The van der Waals surface area contributed by atoms with Crippen molar-refractivity contribution in [2.24, 2.45) is 5.92 Å². The molecule has 3 N–H and O–H groups in total. The lowest BCUT2D eigenvalue weighted by molar-refractivity contribution is -0.141. The van der Waals surface area contributed by atoms with E-state index in [-0.39, 0.29) is 25.2 Å². The van der Waals surface area contributed by atoms with E-state index in [2.05, 4.69) is 5.32 Å². The van der Waals surface area contributed by atoms with Crippen molar-refractivity contribution in [3.8, 4) is 0 Å². The Bertz CT molecular complexity index is 309. The Balaban J connectivity index is 2.41. The van der Waals surface area contributed by atoms with Crippen LogP contribution in [0.2, 0.25) is 0 Å². The number of hydrogen-bond acceptors (Lipinski definition) is 3. The molecule has 1 heterocycles. The first-order chi connectivity index (χ1) is 9.10. The van der Waals surface area contributed by atoms with Crippen molar-refractivity contribution >= 4 is 12.0 Å². The van der Waals surface area contributed by atoms with Gasteiger partial charge in [0.25, 0.3) is 0 Å². The van der Waals surface area contributed by atoms with E-state index in [9.17, 15) is 9.59 Å². The summed E-state index contributed by atoms with van der Waals surface area (Å²) in [5.41, 5.74) is 0. The molecule has 0 aromatic rings. The standard InChI is InChI=1S/C13H24N2O4/c1-2-10(12(17)18)9-14-13(19)15-7-3-5-11(15)6-4-8-16/h10-11,16H,2-9H2,1H3,(H,14,19)(H,17,18). The molecule has 6 nitrogen and oxygen atoms in total. The third kappa shape index (κ3) is 4.70. The molecule has 0 aromatic carbocycles. The first-order valence-corrected chi connectivity index (χ1v) is 6.98. The summed E-state index contributed by atoms with van der Waals surface area (Å²) in [4.78, 5) is 24.7. The van der Waals surface area contributed by atoms with Gasteiger partial charge in [-0.25, -0.2) is 4.79 Å². The van der Waals surface area contributed by atoms with E-state index < -0.39 is 11.9 Å². The third-order valence-corrected chi connectivity index (χ3v) is 3.68. The molecule has 2 atom stereocenters. The van der Waals surface area contributed by atoms with Crippen molar-refractivity contribution in [3.63, 3.8) is 0 Å². The number of carbonyl (C=O) groups excluding carboxylic acids is 1. The Morgan fingerprint density at radius 3 is 2.79 bits per heavy atom. The SMILES string of the molecule is CCC(CNC(=O)N1CCCC1CCCO)C(=O)O. The number of rotatable bonds is 7. The lowest BCUT2D eigenvalue weighted by atomic mass is 10.1. The number of urea groups is 1. The molecule has 1 rings (SSSR count). The largest absolute Gasteiger partial charge is 0.481 e. The topological polar surface area (TPSA) is 89.9 Å². The summed E-state index contributed by atoms with van der Waals surface area (Å²) in [6.07, 6.45) is 3.94. The average Bonchev–Trinajstić information content (AvgIpc) is 2.84. The first-order valence-electron chi connectivity index (χ1n) is 6.98. The summed E-state index contributed by atoms with van der Waals surface area (Å²) in [7, 11) is 0. The van der Waals surface area contributed by atoms with Crippen LogP contribution < -0.4 is 5.32 Å². The zero-order valence-electron chi connectivity index (χ0n) is 11.5. The van der Waals surface area contributed by atoms with Crippen molar-refractivity contribution in [1.29, 1.82) is 0 Å². The van der Waals surface area contributed by atoms with Crippen LogP contribution in [-0.2, 0) is 4.79 Å². The fourth-order valence-corrected chi connectivity index (χ4v) is 2.45. The number of carboxylic acids is 1. The van der Waals surface area contributed by atoms with Crippen LogP contribution in [0.25, 0.3) is 0 Å². The van der Waals surface area contributed by atoms with E-state index in [0.717, 1.165) is 19.3 Å². The minimum Gasteiger partial charge on any atom is -0.481 e.